The van der Waals surface area contributed by atoms with Crippen LogP contribution in [0.4, 0.5) is 0 Å². The molecule has 3 nitrogen and oxygen atoms in total. The van der Waals surface area contributed by atoms with Crippen molar-refractivity contribution in [3.8, 4) is 0 Å². The molecular weight excluding hydrogens is 236 g/mol. The number of rotatable bonds is 8. The summed E-state index contributed by atoms with van der Waals surface area (Å²) in [6.45, 7) is 6.34. The lowest BCUT2D eigenvalue weighted by Crippen LogP contribution is -2.37. The Labute approximate surface area is 117 Å². The lowest BCUT2D eigenvalue weighted by Gasteiger charge is -2.25. The minimum absolute atomic E-state index is 0.0705. The second-order valence-electron chi connectivity index (χ2n) is 5.89. The SMILES string of the molecule is COC(C)(C)CCC(CCc1ccc(C)cc1)NN. The number of hydrazine groups is 1. The molecule has 0 radical (unpaired) electrons. The molecule has 0 aliphatic carbocycles. The van der Waals surface area contributed by atoms with Gasteiger partial charge in [-0.25, -0.2) is 0 Å². The van der Waals surface area contributed by atoms with Crippen LogP contribution in [0.25, 0.3) is 0 Å². The molecule has 1 rings (SSSR count). The summed E-state index contributed by atoms with van der Waals surface area (Å²) in [5.74, 6) is 5.64. The number of hydrogen-bond acceptors (Lipinski definition) is 3. The first kappa shape index (κ1) is 16.2. The highest BCUT2D eigenvalue weighted by molar-refractivity contribution is 5.21. The van der Waals surface area contributed by atoms with E-state index in [0.717, 1.165) is 25.7 Å². The maximum Gasteiger partial charge on any atom is 0.0623 e. The average molecular weight is 264 g/mol. The van der Waals surface area contributed by atoms with Crippen molar-refractivity contribution in [1.29, 1.82) is 0 Å². The first-order valence-electron chi connectivity index (χ1n) is 7.03. The van der Waals surface area contributed by atoms with Crippen molar-refractivity contribution in [2.24, 2.45) is 5.84 Å². The van der Waals surface area contributed by atoms with Crippen molar-refractivity contribution in [3.63, 3.8) is 0 Å². The Hall–Kier alpha value is -0.900. The third kappa shape index (κ3) is 6.19. The summed E-state index contributed by atoms with van der Waals surface area (Å²) in [6.07, 6.45) is 4.15. The van der Waals surface area contributed by atoms with Gasteiger partial charge in [-0.2, -0.15) is 0 Å². The van der Waals surface area contributed by atoms with Gasteiger partial charge in [0.1, 0.15) is 0 Å². The summed E-state index contributed by atoms with van der Waals surface area (Å²) < 4.78 is 5.44. The van der Waals surface area contributed by atoms with Crippen LogP contribution in [0.2, 0.25) is 0 Å². The molecule has 0 bridgehead atoms. The summed E-state index contributed by atoms with van der Waals surface area (Å²) in [6, 6.07) is 9.06. The van der Waals surface area contributed by atoms with Crippen LogP contribution in [-0.2, 0) is 11.2 Å². The summed E-state index contributed by atoms with van der Waals surface area (Å²) in [7, 11) is 1.76. The summed E-state index contributed by atoms with van der Waals surface area (Å²) in [4.78, 5) is 0. The molecule has 1 aromatic carbocycles. The molecule has 0 saturated heterocycles. The minimum atomic E-state index is -0.0705. The van der Waals surface area contributed by atoms with Crippen molar-refractivity contribution in [2.75, 3.05) is 7.11 Å². The molecule has 0 amide bonds. The van der Waals surface area contributed by atoms with E-state index in [1.807, 2.05) is 0 Å². The van der Waals surface area contributed by atoms with E-state index >= 15 is 0 Å². The lowest BCUT2D eigenvalue weighted by atomic mass is 9.95. The molecule has 108 valence electrons. The third-order valence-corrected chi connectivity index (χ3v) is 3.79. The van der Waals surface area contributed by atoms with Crippen LogP contribution in [0.15, 0.2) is 24.3 Å². The van der Waals surface area contributed by atoms with Crippen LogP contribution in [0.1, 0.15) is 44.2 Å². The number of methoxy groups -OCH3 is 1. The van der Waals surface area contributed by atoms with E-state index in [1.54, 1.807) is 7.11 Å². The van der Waals surface area contributed by atoms with E-state index in [0.29, 0.717) is 6.04 Å². The molecular formula is C16H28N2O. The number of hydrogen-bond donors (Lipinski definition) is 2. The smallest absolute Gasteiger partial charge is 0.0623 e. The number of ether oxygens (including phenoxy) is 1. The van der Waals surface area contributed by atoms with Crippen molar-refractivity contribution in [1.82, 2.24) is 5.43 Å². The van der Waals surface area contributed by atoms with Crippen LogP contribution in [0.3, 0.4) is 0 Å². The standard InChI is InChI=1S/C16H28N2O/c1-13-5-7-14(8-6-13)9-10-15(18-17)11-12-16(2,3)19-4/h5-8,15,18H,9-12,17H2,1-4H3. The molecule has 0 saturated carbocycles. The molecule has 1 aromatic rings. The maximum atomic E-state index is 5.64. The first-order valence-corrected chi connectivity index (χ1v) is 7.03. The lowest BCUT2D eigenvalue weighted by molar-refractivity contribution is 0.0115. The van der Waals surface area contributed by atoms with Crippen LogP contribution < -0.4 is 11.3 Å². The molecule has 0 aliphatic heterocycles. The molecule has 19 heavy (non-hydrogen) atoms. The van der Waals surface area contributed by atoms with Crippen molar-refractivity contribution in [3.05, 3.63) is 35.4 Å². The Morgan fingerprint density at radius 3 is 2.37 bits per heavy atom. The molecule has 0 heterocycles. The molecule has 0 spiro atoms. The zero-order valence-electron chi connectivity index (χ0n) is 12.7. The van der Waals surface area contributed by atoms with Gasteiger partial charge in [0.25, 0.3) is 0 Å². The predicted molar refractivity (Wildman–Crippen MR) is 80.9 cm³/mol. The monoisotopic (exact) mass is 264 g/mol. The zero-order valence-corrected chi connectivity index (χ0v) is 12.7. The molecule has 3 N–H and O–H groups in total. The van der Waals surface area contributed by atoms with Crippen LogP contribution in [0.5, 0.6) is 0 Å². The molecule has 0 aromatic heterocycles. The van der Waals surface area contributed by atoms with Gasteiger partial charge in [0.05, 0.1) is 5.60 Å². The average Bonchev–Trinajstić information content (AvgIpc) is 2.41. The number of nitrogens with one attached hydrogen (secondary N) is 1. The van der Waals surface area contributed by atoms with E-state index in [9.17, 15) is 0 Å². The van der Waals surface area contributed by atoms with E-state index in [2.05, 4.69) is 50.5 Å². The van der Waals surface area contributed by atoms with Gasteiger partial charge in [-0.05, 0) is 52.0 Å². The van der Waals surface area contributed by atoms with Crippen molar-refractivity contribution in [2.45, 2.75) is 58.1 Å². The highest BCUT2D eigenvalue weighted by Crippen LogP contribution is 2.18. The third-order valence-electron chi connectivity index (χ3n) is 3.79. The van der Waals surface area contributed by atoms with Gasteiger partial charge in [0.15, 0.2) is 0 Å². The van der Waals surface area contributed by atoms with Gasteiger partial charge in [-0.15, -0.1) is 0 Å². The van der Waals surface area contributed by atoms with Gasteiger partial charge in [-0.3, -0.25) is 11.3 Å². The highest BCUT2D eigenvalue weighted by atomic mass is 16.5. The van der Waals surface area contributed by atoms with E-state index in [4.69, 9.17) is 10.6 Å². The summed E-state index contributed by atoms with van der Waals surface area (Å²) in [5.41, 5.74) is 5.53. The summed E-state index contributed by atoms with van der Waals surface area (Å²) in [5, 5.41) is 0. The van der Waals surface area contributed by atoms with Crippen molar-refractivity contribution < 1.29 is 4.74 Å². The van der Waals surface area contributed by atoms with Crippen molar-refractivity contribution >= 4 is 0 Å². The van der Waals surface area contributed by atoms with E-state index < -0.39 is 0 Å². The molecule has 1 atom stereocenters. The zero-order chi connectivity index (χ0) is 14.3. The van der Waals surface area contributed by atoms with E-state index in [-0.39, 0.29) is 5.60 Å². The van der Waals surface area contributed by atoms with Gasteiger partial charge < -0.3 is 4.74 Å². The fourth-order valence-corrected chi connectivity index (χ4v) is 2.03. The van der Waals surface area contributed by atoms with Gasteiger partial charge in [0.2, 0.25) is 0 Å². The Morgan fingerprint density at radius 1 is 1.21 bits per heavy atom. The first-order chi connectivity index (χ1) is 8.96. The van der Waals surface area contributed by atoms with Crippen LogP contribution in [-0.4, -0.2) is 18.8 Å². The second-order valence-corrected chi connectivity index (χ2v) is 5.89. The van der Waals surface area contributed by atoms with E-state index in [1.165, 1.54) is 11.1 Å². The quantitative estimate of drug-likeness (QED) is 0.560. The Kier molecular flexibility index (Phi) is 6.49. The fourth-order valence-electron chi connectivity index (χ4n) is 2.03. The number of nitrogens with two attached hydrogens (primary N) is 1. The number of aryl methyl sites for hydroxylation is 2. The molecule has 1 unspecified atom stereocenters. The second kappa shape index (κ2) is 7.63. The predicted octanol–water partition coefficient (Wildman–Crippen LogP) is 2.96. The minimum Gasteiger partial charge on any atom is -0.379 e. The van der Waals surface area contributed by atoms with Gasteiger partial charge in [-0.1, -0.05) is 29.8 Å². The maximum absolute atomic E-state index is 5.64. The number of benzene rings is 1. The van der Waals surface area contributed by atoms with Crippen LogP contribution in [0, 0.1) is 6.92 Å². The van der Waals surface area contributed by atoms with Gasteiger partial charge >= 0.3 is 0 Å². The van der Waals surface area contributed by atoms with Crippen LogP contribution >= 0.6 is 0 Å². The fraction of sp³-hybridized carbons (Fsp3) is 0.625. The topological polar surface area (TPSA) is 47.3 Å². The Bertz CT molecular complexity index is 360. The Balaban J connectivity index is 2.38. The van der Waals surface area contributed by atoms with Gasteiger partial charge in [0, 0.05) is 13.2 Å². The summed E-state index contributed by atoms with van der Waals surface area (Å²) >= 11 is 0. The normalized spacial score (nSPS) is 13.5. The highest BCUT2D eigenvalue weighted by Gasteiger charge is 2.18. The molecule has 3 heteroatoms. The molecule has 0 aliphatic rings. The Morgan fingerprint density at radius 2 is 1.84 bits per heavy atom. The molecule has 0 fully saturated rings. The largest absolute Gasteiger partial charge is 0.379 e.